The predicted octanol–water partition coefficient (Wildman–Crippen LogP) is 2.68. The van der Waals surface area contributed by atoms with Crippen molar-refractivity contribution in [2.24, 2.45) is 0 Å². The molecule has 1 aliphatic heterocycles. The van der Waals surface area contributed by atoms with Gasteiger partial charge in [-0.2, -0.15) is 0 Å². The monoisotopic (exact) mass is 479 g/mol. The zero-order valence-corrected chi connectivity index (χ0v) is 20.4. The van der Waals surface area contributed by atoms with Gasteiger partial charge in [0.1, 0.15) is 10.6 Å². The molecule has 3 aliphatic rings. The normalized spacial score (nSPS) is 22.2. The molecule has 2 saturated carbocycles. The van der Waals surface area contributed by atoms with Gasteiger partial charge in [-0.25, -0.2) is 13.1 Å². The molecule has 4 rings (SSSR count). The number of hydrogen-bond acceptors (Lipinski definition) is 6. The van der Waals surface area contributed by atoms with Crippen LogP contribution in [-0.4, -0.2) is 70.8 Å². The Bertz CT molecular complexity index is 918. The van der Waals surface area contributed by atoms with E-state index < -0.39 is 10.0 Å². The molecule has 0 unspecified atom stereocenters. The van der Waals surface area contributed by atoms with Crippen molar-refractivity contribution in [3.8, 4) is 5.75 Å². The standard InChI is InChI=1S/C24H37N3O5S/c1-31-21-10-9-19(17-22(21)33(29,30)26-20-7-3-4-8-20)23(28)25-18-24(11-5-2-6-12-24)27-13-15-32-16-14-27/h9-10,17,20,26H,2-8,11-16,18H2,1H3,(H,25,28). The smallest absolute Gasteiger partial charge is 0.251 e. The first kappa shape index (κ1) is 24.4. The molecule has 1 aromatic rings. The largest absolute Gasteiger partial charge is 0.495 e. The highest BCUT2D eigenvalue weighted by Crippen LogP contribution is 2.34. The fourth-order valence-corrected chi connectivity index (χ4v) is 7.05. The third-order valence-electron chi connectivity index (χ3n) is 7.44. The van der Waals surface area contributed by atoms with E-state index in [1.54, 1.807) is 12.1 Å². The van der Waals surface area contributed by atoms with Crippen molar-refractivity contribution in [3.05, 3.63) is 23.8 Å². The van der Waals surface area contributed by atoms with Crippen LogP contribution in [0.15, 0.2) is 23.1 Å². The topological polar surface area (TPSA) is 97.0 Å². The van der Waals surface area contributed by atoms with Crippen LogP contribution in [0.4, 0.5) is 0 Å². The van der Waals surface area contributed by atoms with Gasteiger partial charge in [-0.15, -0.1) is 0 Å². The number of carbonyl (C=O) groups is 1. The fraction of sp³-hybridized carbons (Fsp3) is 0.708. The summed E-state index contributed by atoms with van der Waals surface area (Å²) in [6, 6.07) is 4.58. The summed E-state index contributed by atoms with van der Waals surface area (Å²) in [5.74, 6) is -0.0118. The number of sulfonamides is 1. The Hall–Kier alpha value is -1.68. The van der Waals surface area contributed by atoms with Crippen molar-refractivity contribution >= 4 is 15.9 Å². The molecule has 0 spiro atoms. The average molecular weight is 480 g/mol. The fourth-order valence-electron chi connectivity index (χ4n) is 5.55. The first-order valence-electron chi connectivity index (χ1n) is 12.2. The van der Waals surface area contributed by atoms with Crippen molar-refractivity contribution in [1.29, 1.82) is 0 Å². The van der Waals surface area contributed by atoms with Crippen LogP contribution in [0.1, 0.15) is 68.1 Å². The Labute approximate surface area is 197 Å². The first-order chi connectivity index (χ1) is 15.9. The molecule has 1 heterocycles. The van der Waals surface area contributed by atoms with Crippen molar-refractivity contribution in [2.45, 2.75) is 74.3 Å². The average Bonchev–Trinajstić information content (AvgIpc) is 3.35. The van der Waals surface area contributed by atoms with Crippen LogP contribution >= 0.6 is 0 Å². The van der Waals surface area contributed by atoms with E-state index in [4.69, 9.17) is 9.47 Å². The minimum Gasteiger partial charge on any atom is -0.495 e. The van der Waals surface area contributed by atoms with Gasteiger partial charge >= 0.3 is 0 Å². The van der Waals surface area contributed by atoms with E-state index in [1.165, 1.54) is 19.6 Å². The lowest BCUT2D eigenvalue weighted by atomic mass is 9.79. The lowest BCUT2D eigenvalue weighted by Crippen LogP contribution is -2.59. The lowest BCUT2D eigenvalue weighted by molar-refractivity contribution is -0.0361. The van der Waals surface area contributed by atoms with E-state index in [2.05, 4.69) is 14.9 Å². The van der Waals surface area contributed by atoms with Crippen LogP contribution in [-0.2, 0) is 14.8 Å². The first-order valence-corrected chi connectivity index (χ1v) is 13.7. The molecule has 0 atom stereocenters. The molecule has 1 amide bonds. The van der Waals surface area contributed by atoms with Crippen LogP contribution < -0.4 is 14.8 Å². The van der Waals surface area contributed by atoms with E-state index in [0.29, 0.717) is 12.1 Å². The third kappa shape index (κ3) is 5.70. The minimum absolute atomic E-state index is 0.0186. The highest BCUT2D eigenvalue weighted by Gasteiger charge is 2.39. The van der Waals surface area contributed by atoms with Crippen molar-refractivity contribution in [3.63, 3.8) is 0 Å². The van der Waals surface area contributed by atoms with Gasteiger partial charge < -0.3 is 14.8 Å². The van der Waals surface area contributed by atoms with Gasteiger partial charge in [-0.05, 0) is 43.9 Å². The van der Waals surface area contributed by atoms with Gasteiger partial charge in [0.25, 0.3) is 5.91 Å². The Morgan fingerprint density at radius 2 is 1.82 bits per heavy atom. The quantitative estimate of drug-likeness (QED) is 0.595. The zero-order chi connectivity index (χ0) is 23.3. The zero-order valence-electron chi connectivity index (χ0n) is 19.6. The number of rotatable bonds is 8. The molecule has 0 bridgehead atoms. The van der Waals surface area contributed by atoms with Crippen LogP contribution in [0, 0.1) is 0 Å². The number of hydrogen-bond donors (Lipinski definition) is 2. The second-order valence-electron chi connectivity index (χ2n) is 9.54. The number of carbonyl (C=O) groups excluding carboxylic acids is 1. The molecule has 1 aromatic carbocycles. The Morgan fingerprint density at radius 1 is 1.12 bits per heavy atom. The molecule has 3 fully saturated rings. The van der Waals surface area contributed by atoms with E-state index >= 15 is 0 Å². The number of nitrogens with one attached hydrogen (secondary N) is 2. The van der Waals surface area contributed by atoms with Crippen LogP contribution in [0.25, 0.3) is 0 Å². The molecule has 2 N–H and O–H groups in total. The maximum atomic E-state index is 13.1. The minimum atomic E-state index is -3.78. The Balaban J connectivity index is 1.50. The van der Waals surface area contributed by atoms with Gasteiger partial charge in [-0.1, -0.05) is 32.1 Å². The van der Waals surface area contributed by atoms with E-state index in [0.717, 1.165) is 77.7 Å². The summed E-state index contributed by atoms with van der Waals surface area (Å²) in [6.07, 6.45) is 9.39. The van der Waals surface area contributed by atoms with Crippen LogP contribution in [0.2, 0.25) is 0 Å². The van der Waals surface area contributed by atoms with E-state index in [-0.39, 0.29) is 28.1 Å². The highest BCUT2D eigenvalue weighted by molar-refractivity contribution is 7.89. The lowest BCUT2D eigenvalue weighted by Gasteiger charge is -2.48. The van der Waals surface area contributed by atoms with E-state index in [9.17, 15) is 13.2 Å². The van der Waals surface area contributed by atoms with Crippen molar-refractivity contribution in [2.75, 3.05) is 40.0 Å². The van der Waals surface area contributed by atoms with E-state index in [1.807, 2.05) is 0 Å². The number of ether oxygens (including phenoxy) is 2. The maximum Gasteiger partial charge on any atom is 0.251 e. The van der Waals surface area contributed by atoms with Gasteiger partial charge in [0.2, 0.25) is 10.0 Å². The number of methoxy groups -OCH3 is 1. The Kier molecular flexibility index (Phi) is 7.94. The second-order valence-corrected chi connectivity index (χ2v) is 11.2. The van der Waals surface area contributed by atoms with Gasteiger partial charge in [0.05, 0.1) is 20.3 Å². The summed E-state index contributed by atoms with van der Waals surface area (Å²) in [5.41, 5.74) is 0.277. The number of nitrogens with zero attached hydrogens (tertiary/aromatic N) is 1. The summed E-state index contributed by atoms with van der Waals surface area (Å²) in [7, 11) is -2.34. The SMILES string of the molecule is COc1ccc(C(=O)NCC2(N3CCOCC3)CCCCC2)cc1S(=O)(=O)NC1CCCC1. The number of amides is 1. The molecule has 1 saturated heterocycles. The summed E-state index contributed by atoms with van der Waals surface area (Å²) >= 11 is 0. The highest BCUT2D eigenvalue weighted by atomic mass is 32.2. The van der Waals surface area contributed by atoms with Gasteiger partial charge in [0.15, 0.2) is 0 Å². The number of morpholine rings is 1. The summed E-state index contributed by atoms with van der Waals surface area (Å²) in [6.45, 7) is 3.77. The number of benzene rings is 1. The predicted molar refractivity (Wildman–Crippen MR) is 126 cm³/mol. The maximum absolute atomic E-state index is 13.1. The summed E-state index contributed by atoms with van der Waals surface area (Å²) in [4.78, 5) is 15.6. The molecular weight excluding hydrogens is 442 g/mol. The second kappa shape index (κ2) is 10.7. The van der Waals surface area contributed by atoms with Crippen molar-refractivity contribution in [1.82, 2.24) is 14.9 Å². The Morgan fingerprint density at radius 3 is 2.48 bits per heavy atom. The summed E-state index contributed by atoms with van der Waals surface area (Å²) in [5, 5.41) is 3.12. The van der Waals surface area contributed by atoms with Gasteiger partial charge in [0, 0.05) is 36.8 Å². The van der Waals surface area contributed by atoms with Crippen LogP contribution in [0.3, 0.4) is 0 Å². The molecular formula is C24H37N3O5S. The molecule has 2 aliphatic carbocycles. The van der Waals surface area contributed by atoms with Gasteiger partial charge in [-0.3, -0.25) is 9.69 Å². The molecule has 8 nitrogen and oxygen atoms in total. The molecule has 0 aromatic heterocycles. The third-order valence-corrected chi connectivity index (χ3v) is 8.98. The molecule has 184 valence electrons. The van der Waals surface area contributed by atoms with Crippen LogP contribution in [0.5, 0.6) is 5.75 Å². The summed E-state index contributed by atoms with van der Waals surface area (Å²) < 4.78 is 39.8. The van der Waals surface area contributed by atoms with Crippen molar-refractivity contribution < 1.29 is 22.7 Å². The molecule has 0 radical (unpaired) electrons. The molecule has 33 heavy (non-hydrogen) atoms. The molecule has 9 heteroatoms.